The number of rotatable bonds is 7. The van der Waals surface area contributed by atoms with Crippen LogP contribution in [-0.4, -0.2) is 16.7 Å². The fourth-order valence-electron chi connectivity index (χ4n) is 2.27. The number of hydrogen-bond acceptors (Lipinski definition) is 4. The monoisotopic (exact) mass is 305 g/mol. The highest BCUT2D eigenvalue weighted by Gasteiger charge is 2.20. The summed E-state index contributed by atoms with van der Waals surface area (Å²) in [5, 5.41) is 13.3. The zero-order valence-corrected chi connectivity index (χ0v) is 13.6. The molecule has 1 aromatic carbocycles. The molecule has 0 aliphatic carbocycles. The summed E-state index contributed by atoms with van der Waals surface area (Å²) in [7, 11) is 0. The molecule has 4 heteroatoms. The van der Waals surface area contributed by atoms with Crippen molar-refractivity contribution < 1.29 is 9.84 Å². The van der Waals surface area contributed by atoms with Gasteiger partial charge in [-0.05, 0) is 18.4 Å². The first-order valence-corrected chi connectivity index (χ1v) is 8.28. The van der Waals surface area contributed by atoms with Gasteiger partial charge >= 0.3 is 0 Å². The minimum Gasteiger partial charge on any atom is -0.388 e. The lowest BCUT2D eigenvalue weighted by Crippen LogP contribution is -2.11. The quantitative estimate of drug-likeness (QED) is 0.835. The molecule has 0 aliphatic heterocycles. The summed E-state index contributed by atoms with van der Waals surface area (Å²) in [6.07, 6.45) is 0.0747. The lowest BCUT2D eigenvalue weighted by Gasteiger charge is -2.18. The topological polar surface area (TPSA) is 42.4 Å². The molecule has 0 radical (unpaired) electrons. The lowest BCUT2D eigenvalue weighted by molar-refractivity contribution is 0.0291. The molecule has 2 rings (SSSR count). The van der Waals surface area contributed by atoms with E-state index in [1.165, 1.54) is 0 Å². The van der Waals surface area contributed by atoms with Crippen molar-refractivity contribution in [2.24, 2.45) is 5.92 Å². The molecule has 0 fully saturated rings. The second-order valence-corrected chi connectivity index (χ2v) is 6.32. The first-order valence-electron chi connectivity index (χ1n) is 7.40. The van der Waals surface area contributed by atoms with Crippen LogP contribution in [0.3, 0.4) is 0 Å². The summed E-state index contributed by atoms with van der Waals surface area (Å²) in [6, 6.07) is 9.71. The second kappa shape index (κ2) is 7.69. The van der Waals surface area contributed by atoms with Crippen LogP contribution in [0.25, 0.3) is 0 Å². The predicted molar refractivity (Wildman–Crippen MR) is 86.4 cm³/mol. The van der Waals surface area contributed by atoms with Gasteiger partial charge in [-0.15, -0.1) is 11.3 Å². The molecule has 114 valence electrons. The van der Waals surface area contributed by atoms with E-state index in [1.807, 2.05) is 42.6 Å². The molecule has 2 aromatic rings. The Bertz CT molecular complexity index is 539. The molecule has 0 amide bonds. The van der Waals surface area contributed by atoms with Gasteiger partial charge in [0.15, 0.2) is 0 Å². The number of hydrogen-bond donors (Lipinski definition) is 1. The summed E-state index contributed by atoms with van der Waals surface area (Å²) < 4.78 is 5.78. The molecule has 3 nitrogen and oxygen atoms in total. The molecule has 0 saturated carbocycles. The third kappa shape index (κ3) is 4.37. The van der Waals surface area contributed by atoms with Gasteiger partial charge < -0.3 is 9.84 Å². The highest BCUT2D eigenvalue weighted by Crippen LogP contribution is 2.29. The average Bonchev–Trinajstić information content (AvgIpc) is 2.93. The van der Waals surface area contributed by atoms with Crippen LogP contribution in [0.5, 0.6) is 0 Å². The highest BCUT2D eigenvalue weighted by molar-refractivity contribution is 7.09. The Morgan fingerprint density at radius 1 is 1.24 bits per heavy atom. The molecule has 0 bridgehead atoms. The second-order valence-electron chi connectivity index (χ2n) is 5.43. The molecule has 21 heavy (non-hydrogen) atoms. The van der Waals surface area contributed by atoms with E-state index in [4.69, 9.17) is 4.74 Å². The molecule has 1 N–H and O–H groups in total. The zero-order chi connectivity index (χ0) is 15.2. The largest absolute Gasteiger partial charge is 0.388 e. The Labute approximate surface area is 130 Å². The number of aliphatic hydroxyl groups excluding tert-OH is 1. The Morgan fingerprint density at radius 2 is 1.95 bits per heavy atom. The number of aliphatic hydroxyl groups is 1. The molecule has 1 aromatic heterocycles. The van der Waals surface area contributed by atoms with Crippen molar-refractivity contribution >= 4 is 11.3 Å². The molecule has 0 saturated heterocycles. The summed E-state index contributed by atoms with van der Waals surface area (Å²) in [5.41, 5.74) is 1.86. The van der Waals surface area contributed by atoms with Gasteiger partial charge in [0, 0.05) is 18.4 Å². The van der Waals surface area contributed by atoms with Crippen LogP contribution >= 0.6 is 11.3 Å². The van der Waals surface area contributed by atoms with Gasteiger partial charge in [0.05, 0.1) is 11.8 Å². The maximum absolute atomic E-state index is 10.3. The SMILES string of the molecule is CCOC(c1nc(CC(O)c2ccccc2)cs1)C(C)C. The lowest BCUT2D eigenvalue weighted by atomic mass is 10.1. The van der Waals surface area contributed by atoms with Crippen LogP contribution in [0.2, 0.25) is 0 Å². The number of ether oxygens (including phenoxy) is 1. The third-order valence-electron chi connectivity index (χ3n) is 3.35. The van der Waals surface area contributed by atoms with E-state index in [-0.39, 0.29) is 6.10 Å². The maximum Gasteiger partial charge on any atom is 0.122 e. The summed E-state index contributed by atoms with van der Waals surface area (Å²) in [5.74, 6) is 0.392. The van der Waals surface area contributed by atoms with Crippen molar-refractivity contribution in [1.29, 1.82) is 0 Å². The molecule has 1 heterocycles. The number of benzene rings is 1. The van der Waals surface area contributed by atoms with Crippen molar-refractivity contribution in [3.05, 3.63) is 52.0 Å². The molecule has 2 unspecified atom stereocenters. The summed E-state index contributed by atoms with van der Waals surface area (Å²) in [4.78, 5) is 4.65. The molecule has 2 atom stereocenters. The van der Waals surface area contributed by atoms with E-state index in [0.717, 1.165) is 16.3 Å². The van der Waals surface area contributed by atoms with Gasteiger partial charge in [-0.25, -0.2) is 4.98 Å². The van der Waals surface area contributed by atoms with E-state index < -0.39 is 6.10 Å². The normalized spacial score (nSPS) is 14.3. The Kier molecular flexibility index (Phi) is 5.91. The average molecular weight is 305 g/mol. The molecular formula is C17H23NO2S. The van der Waals surface area contributed by atoms with E-state index >= 15 is 0 Å². The van der Waals surface area contributed by atoms with Gasteiger partial charge in [-0.2, -0.15) is 0 Å². The van der Waals surface area contributed by atoms with Crippen LogP contribution in [-0.2, 0) is 11.2 Å². The van der Waals surface area contributed by atoms with Crippen molar-refractivity contribution in [2.75, 3.05) is 6.61 Å². The van der Waals surface area contributed by atoms with Gasteiger partial charge in [-0.1, -0.05) is 44.2 Å². The number of aromatic nitrogens is 1. The van der Waals surface area contributed by atoms with Crippen molar-refractivity contribution in [3.8, 4) is 0 Å². The van der Waals surface area contributed by atoms with Crippen LogP contribution in [0, 0.1) is 5.92 Å². The Morgan fingerprint density at radius 3 is 2.57 bits per heavy atom. The van der Waals surface area contributed by atoms with Crippen molar-refractivity contribution in [1.82, 2.24) is 4.98 Å². The van der Waals surface area contributed by atoms with E-state index in [2.05, 4.69) is 18.8 Å². The fourth-order valence-corrected chi connectivity index (χ4v) is 3.32. The number of thiazole rings is 1. The van der Waals surface area contributed by atoms with Gasteiger partial charge in [0.2, 0.25) is 0 Å². The highest BCUT2D eigenvalue weighted by atomic mass is 32.1. The maximum atomic E-state index is 10.3. The predicted octanol–water partition coefficient (Wildman–Crippen LogP) is 4.15. The first kappa shape index (κ1) is 16.1. The van der Waals surface area contributed by atoms with Crippen LogP contribution in [0.15, 0.2) is 35.7 Å². The standard InChI is InChI=1S/C17H23NO2S/c1-4-20-16(12(2)3)17-18-14(11-21-17)10-15(19)13-8-6-5-7-9-13/h5-9,11-12,15-16,19H,4,10H2,1-3H3. The smallest absolute Gasteiger partial charge is 0.122 e. The van der Waals surface area contributed by atoms with Crippen LogP contribution in [0.1, 0.15) is 49.2 Å². The van der Waals surface area contributed by atoms with E-state index in [1.54, 1.807) is 11.3 Å². The molecule has 0 spiro atoms. The minimum atomic E-state index is -0.509. The van der Waals surface area contributed by atoms with Crippen molar-refractivity contribution in [3.63, 3.8) is 0 Å². The molecular weight excluding hydrogens is 282 g/mol. The summed E-state index contributed by atoms with van der Waals surface area (Å²) in [6.45, 7) is 6.97. The van der Waals surface area contributed by atoms with Gasteiger partial charge in [-0.3, -0.25) is 0 Å². The minimum absolute atomic E-state index is 0.0441. The van der Waals surface area contributed by atoms with Crippen molar-refractivity contribution in [2.45, 2.75) is 39.4 Å². The molecule has 0 aliphatic rings. The third-order valence-corrected chi connectivity index (χ3v) is 4.31. The Balaban J connectivity index is 2.06. The fraction of sp³-hybridized carbons (Fsp3) is 0.471. The van der Waals surface area contributed by atoms with Gasteiger partial charge in [0.25, 0.3) is 0 Å². The Hall–Kier alpha value is -1.23. The van der Waals surface area contributed by atoms with E-state index in [9.17, 15) is 5.11 Å². The zero-order valence-electron chi connectivity index (χ0n) is 12.8. The van der Waals surface area contributed by atoms with Crippen LogP contribution < -0.4 is 0 Å². The van der Waals surface area contributed by atoms with Gasteiger partial charge in [0.1, 0.15) is 11.1 Å². The van der Waals surface area contributed by atoms with E-state index in [0.29, 0.717) is 18.9 Å². The summed E-state index contributed by atoms with van der Waals surface area (Å²) >= 11 is 1.62. The first-order chi connectivity index (χ1) is 10.1. The van der Waals surface area contributed by atoms with Crippen LogP contribution in [0.4, 0.5) is 0 Å². The number of nitrogens with zero attached hydrogens (tertiary/aromatic N) is 1.